The number of carboxylic acids is 1. The smallest absolute Gasteiger partial charge is 0.335 e. The Balaban J connectivity index is 1.46. The molecule has 1 aromatic heterocycles. The van der Waals surface area contributed by atoms with Crippen LogP contribution in [0.25, 0.3) is 5.69 Å². The molecule has 3 aromatic carbocycles. The van der Waals surface area contributed by atoms with Crippen molar-refractivity contribution in [3.05, 3.63) is 113 Å². The Morgan fingerprint density at radius 1 is 0.906 bits per heavy atom. The van der Waals surface area contributed by atoms with Crippen molar-refractivity contribution in [3.63, 3.8) is 0 Å². The topological polar surface area (TPSA) is 63.8 Å². The minimum Gasteiger partial charge on any atom is -0.488 e. The molecular weight excluding hydrogens is 400 g/mol. The molecule has 0 unspecified atom stereocenters. The highest BCUT2D eigenvalue weighted by atomic mass is 16.5. The minimum absolute atomic E-state index is 0.259. The van der Waals surface area contributed by atoms with Crippen LogP contribution in [0.3, 0.4) is 0 Å². The highest BCUT2D eigenvalue weighted by molar-refractivity contribution is 5.87. The van der Waals surface area contributed by atoms with Gasteiger partial charge in [0.1, 0.15) is 12.4 Å². The standard InChI is InChI=1S/C27H24N2O3/c1-19-7-8-20(2)29(19)25-15-13-24(14-16-25)28-17-23-5-3-4-6-26(23)32-18-21-9-11-22(12-10-21)27(30)31/h3-17H,18H2,1-2H3,(H,30,31). The summed E-state index contributed by atoms with van der Waals surface area (Å²) in [5, 5.41) is 9.01. The molecule has 5 heteroatoms. The summed E-state index contributed by atoms with van der Waals surface area (Å²) >= 11 is 0. The summed E-state index contributed by atoms with van der Waals surface area (Å²) in [6.07, 6.45) is 1.80. The Morgan fingerprint density at radius 2 is 1.56 bits per heavy atom. The average Bonchev–Trinajstić information content (AvgIpc) is 3.15. The number of aliphatic imine (C=N–C) groups is 1. The van der Waals surface area contributed by atoms with Crippen LogP contribution < -0.4 is 4.74 Å². The number of hydrogen-bond acceptors (Lipinski definition) is 3. The van der Waals surface area contributed by atoms with Crippen LogP contribution in [0.2, 0.25) is 0 Å². The highest BCUT2D eigenvalue weighted by Gasteiger charge is 2.05. The summed E-state index contributed by atoms with van der Waals surface area (Å²) in [5.41, 5.74) is 6.39. The van der Waals surface area contributed by atoms with Gasteiger partial charge in [-0.3, -0.25) is 4.99 Å². The maximum absolute atomic E-state index is 11.0. The fraction of sp³-hybridized carbons (Fsp3) is 0.111. The lowest BCUT2D eigenvalue weighted by Gasteiger charge is -2.10. The normalized spacial score (nSPS) is 11.1. The third-order valence-corrected chi connectivity index (χ3v) is 5.25. The summed E-state index contributed by atoms with van der Waals surface area (Å²) in [4.78, 5) is 15.6. The first kappa shape index (κ1) is 21.1. The fourth-order valence-corrected chi connectivity index (χ4v) is 3.53. The lowest BCUT2D eigenvalue weighted by Crippen LogP contribution is -2.00. The fourth-order valence-electron chi connectivity index (χ4n) is 3.53. The first-order chi connectivity index (χ1) is 15.5. The van der Waals surface area contributed by atoms with E-state index in [0.717, 1.165) is 22.5 Å². The number of para-hydroxylation sites is 1. The Hall–Kier alpha value is -4.12. The molecule has 0 atom stereocenters. The quantitative estimate of drug-likeness (QED) is 0.363. The van der Waals surface area contributed by atoms with Crippen LogP contribution >= 0.6 is 0 Å². The zero-order valence-corrected chi connectivity index (χ0v) is 18.0. The van der Waals surface area contributed by atoms with Crippen LogP contribution in [0.5, 0.6) is 5.75 Å². The van der Waals surface area contributed by atoms with E-state index in [1.807, 2.05) is 36.4 Å². The van der Waals surface area contributed by atoms with E-state index in [-0.39, 0.29) is 5.56 Å². The predicted molar refractivity (Wildman–Crippen MR) is 127 cm³/mol. The third kappa shape index (κ3) is 4.78. The third-order valence-electron chi connectivity index (χ3n) is 5.25. The van der Waals surface area contributed by atoms with Gasteiger partial charge >= 0.3 is 5.97 Å². The van der Waals surface area contributed by atoms with Gasteiger partial charge in [-0.05, 0) is 80.1 Å². The van der Waals surface area contributed by atoms with Gasteiger partial charge in [0.2, 0.25) is 0 Å². The molecule has 0 aliphatic carbocycles. The van der Waals surface area contributed by atoms with Crippen LogP contribution in [-0.4, -0.2) is 21.9 Å². The van der Waals surface area contributed by atoms with E-state index < -0.39 is 5.97 Å². The molecule has 0 spiro atoms. The van der Waals surface area contributed by atoms with E-state index >= 15 is 0 Å². The zero-order chi connectivity index (χ0) is 22.5. The van der Waals surface area contributed by atoms with Gasteiger partial charge in [-0.25, -0.2) is 4.79 Å². The van der Waals surface area contributed by atoms with Crippen LogP contribution in [0.4, 0.5) is 5.69 Å². The molecule has 0 saturated carbocycles. The van der Waals surface area contributed by atoms with Crippen molar-refractivity contribution in [1.29, 1.82) is 0 Å². The predicted octanol–water partition coefficient (Wildman–Crippen LogP) is 6.12. The van der Waals surface area contributed by atoms with Crippen molar-refractivity contribution >= 4 is 17.9 Å². The number of benzene rings is 3. The van der Waals surface area contributed by atoms with Crippen molar-refractivity contribution in [2.45, 2.75) is 20.5 Å². The number of nitrogens with zero attached hydrogens (tertiary/aromatic N) is 2. The Labute approximate surface area is 187 Å². The number of hydrogen-bond donors (Lipinski definition) is 1. The van der Waals surface area contributed by atoms with Crippen molar-refractivity contribution in [2.24, 2.45) is 4.99 Å². The molecule has 0 radical (unpaired) electrons. The second-order valence-corrected chi connectivity index (χ2v) is 7.55. The molecule has 32 heavy (non-hydrogen) atoms. The minimum atomic E-state index is -0.939. The molecule has 0 amide bonds. The van der Waals surface area contributed by atoms with Gasteiger partial charge in [0.15, 0.2) is 0 Å². The second-order valence-electron chi connectivity index (χ2n) is 7.55. The van der Waals surface area contributed by atoms with Crippen molar-refractivity contribution in [1.82, 2.24) is 4.57 Å². The van der Waals surface area contributed by atoms with Gasteiger partial charge in [0.25, 0.3) is 0 Å². The molecule has 4 aromatic rings. The SMILES string of the molecule is Cc1ccc(C)n1-c1ccc(N=Cc2ccccc2OCc2ccc(C(=O)O)cc2)cc1. The van der Waals surface area contributed by atoms with Gasteiger partial charge in [-0.2, -0.15) is 0 Å². The lowest BCUT2D eigenvalue weighted by molar-refractivity contribution is 0.0697. The van der Waals surface area contributed by atoms with E-state index in [1.54, 1.807) is 30.5 Å². The summed E-state index contributed by atoms with van der Waals surface area (Å²) in [6.45, 7) is 4.53. The molecule has 0 aliphatic heterocycles. The highest BCUT2D eigenvalue weighted by Crippen LogP contribution is 2.22. The zero-order valence-electron chi connectivity index (χ0n) is 18.0. The van der Waals surface area contributed by atoms with E-state index in [4.69, 9.17) is 9.84 Å². The molecule has 0 aliphatic rings. The average molecular weight is 425 g/mol. The molecule has 0 saturated heterocycles. The first-order valence-electron chi connectivity index (χ1n) is 10.3. The largest absolute Gasteiger partial charge is 0.488 e. The monoisotopic (exact) mass is 424 g/mol. The van der Waals surface area contributed by atoms with Gasteiger partial charge < -0.3 is 14.4 Å². The second kappa shape index (κ2) is 9.35. The molecule has 1 heterocycles. The summed E-state index contributed by atoms with van der Waals surface area (Å²) < 4.78 is 8.17. The van der Waals surface area contributed by atoms with E-state index in [0.29, 0.717) is 12.4 Å². The number of carboxylic acid groups (broad SMARTS) is 1. The van der Waals surface area contributed by atoms with Gasteiger partial charge in [-0.1, -0.05) is 24.3 Å². The number of ether oxygens (including phenoxy) is 1. The van der Waals surface area contributed by atoms with Crippen LogP contribution in [-0.2, 0) is 6.61 Å². The Bertz CT molecular complexity index is 1230. The van der Waals surface area contributed by atoms with Crippen molar-refractivity contribution in [3.8, 4) is 11.4 Å². The van der Waals surface area contributed by atoms with Gasteiger partial charge in [0, 0.05) is 28.9 Å². The van der Waals surface area contributed by atoms with Gasteiger partial charge in [-0.15, -0.1) is 0 Å². The van der Waals surface area contributed by atoms with Gasteiger partial charge in [0.05, 0.1) is 11.3 Å². The molecule has 5 nitrogen and oxygen atoms in total. The van der Waals surface area contributed by atoms with E-state index in [2.05, 4.69) is 47.7 Å². The maximum Gasteiger partial charge on any atom is 0.335 e. The van der Waals surface area contributed by atoms with E-state index in [1.165, 1.54) is 11.4 Å². The first-order valence-corrected chi connectivity index (χ1v) is 10.3. The maximum atomic E-state index is 11.0. The lowest BCUT2D eigenvalue weighted by atomic mass is 10.1. The summed E-state index contributed by atoms with van der Waals surface area (Å²) in [7, 11) is 0. The number of aromatic nitrogens is 1. The van der Waals surface area contributed by atoms with Crippen LogP contribution in [0, 0.1) is 13.8 Å². The van der Waals surface area contributed by atoms with E-state index in [9.17, 15) is 4.79 Å². The molecule has 4 rings (SSSR count). The van der Waals surface area contributed by atoms with Crippen molar-refractivity contribution in [2.75, 3.05) is 0 Å². The Kier molecular flexibility index (Phi) is 6.17. The number of aryl methyl sites for hydroxylation is 2. The number of rotatable bonds is 7. The summed E-state index contributed by atoms with van der Waals surface area (Å²) in [6, 6.07) is 26.7. The Morgan fingerprint density at radius 3 is 2.22 bits per heavy atom. The molecule has 0 fully saturated rings. The van der Waals surface area contributed by atoms with Crippen molar-refractivity contribution < 1.29 is 14.6 Å². The molecule has 1 N–H and O–H groups in total. The number of aromatic carboxylic acids is 1. The molecular formula is C27H24N2O3. The molecule has 160 valence electrons. The van der Waals surface area contributed by atoms with Crippen LogP contribution in [0.1, 0.15) is 32.9 Å². The summed E-state index contributed by atoms with van der Waals surface area (Å²) in [5.74, 6) is -0.223. The number of carbonyl (C=O) groups is 1. The van der Waals surface area contributed by atoms with Crippen LogP contribution in [0.15, 0.2) is 89.9 Å². The molecule has 0 bridgehead atoms.